The molecule has 0 saturated carbocycles. The lowest BCUT2D eigenvalue weighted by Crippen LogP contribution is -2.28. The predicted octanol–water partition coefficient (Wildman–Crippen LogP) is 6.72. The first-order valence-corrected chi connectivity index (χ1v) is 10.7. The van der Waals surface area contributed by atoms with Crippen LogP contribution in [-0.2, 0) is 9.53 Å². The van der Waals surface area contributed by atoms with Crippen molar-refractivity contribution in [3.8, 4) is 0 Å². The first kappa shape index (κ1) is 26.4. The highest BCUT2D eigenvalue weighted by Gasteiger charge is 2.31. The SMILES string of the molecule is COC(=O)/C=C/C(C)=C/C=C/C=C(C)/C=C/C=C(C)/C=C/C1=C(C)CC(O)CC1(C)C. The zero-order valence-corrected chi connectivity index (χ0v) is 20.1. The monoisotopic (exact) mass is 422 g/mol. The molecule has 0 aliphatic heterocycles. The average molecular weight is 423 g/mol. The summed E-state index contributed by atoms with van der Waals surface area (Å²) in [7, 11) is 1.36. The molecule has 1 aliphatic rings. The molecule has 0 aromatic rings. The highest BCUT2D eigenvalue weighted by Crippen LogP contribution is 2.41. The predicted molar refractivity (Wildman–Crippen MR) is 132 cm³/mol. The minimum atomic E-state index is -0.357. The first-order valence-electron chi connectivity index (χ1n) is 10.7. The third-order valence-electron chi connectivity index (χ3n) is 5.22. The number of ether oxygens (including phenoxy) is 1. The maximum atomic E-state index is 11.1. The van der Waals surface area contributed by atoms with Gasteiger partial charge in [0.25, 0.3) is 0 Å². The van der Waals surface area contributed by atoms with Crippen LogP contribution in [0, 0.1) is 5.41 Å². The van der Waals surface area contributed by atoms with Gasteiger partial charge >= 0.3 is 5.97 Å². The van der Waals surface area contributed by atoms with Gasteiger partial charge < -0.3 is 9.84 Å². The van der Waals surface area contributed by atoms with Crippen molar-refractivity contribution in [3.05, 3.63) is 94.7 Å². The van der Waals surface area contributed by atoms with Crippen LogP contribution in [0.3, 0.4) is 0 Å². The number of methoxy groups -OCH3 is 1. The Morgan fingerprint density at radius 3 is 2.06 bits per heavy atom. The standard InChI is InChI=1S/C28H38O3/c1-21(11-8-9-12-22(2)16-18-27(30)31-7)13-10-14-23(3)15-17-26-24(4)19-25(29)20-28(26,5)6/h8-18,25,29H,19-20H2,1-7H3/b9-8+,13-10+,17-15+,18-16+,21-11+,22-12+,23-14+. The molecule has 0 saturated heterocycles. The Hall–Kier alpha value is -2.65. The van der Waals surface area contributed by atoms with Crippen molar-refractivity contribution in [1.29, 1.82) is 0 Å². The van der Waals surface area contributed by atoms with Crippen LogP contribution in [0.2, 0.25) is 0 Å². The molecule has 168 valence electrons. The van der Waals surface area contributed by atoms with E-state index in [4.69, 9.17) is 0 Å². The molecular weight excluding hydrogens is 384 g/mol. The topological polar surface area (TPSA) is 46.5 Å². The van der Waals surface area contributed by atoms with Gasteiger partial charge in [0, 0.05) is 6.08 Å². The largest absolute Gasteiger partial charge is 0.466 e. The Morgan fingerprint density at radius 2 is 1.48 bits per heavy atom. The first-order chi connectivity index (χ1) is 14.5. The van der Waals surface area contributed by atoms with E-state index in [2.05, 4.69) is 69.7 Å². The minimum absolute atomic E-state index is 0.00191. The second-order valence-electron chi connectivity index (χ2n) is 8.81. The van der Waals surface area contributed by atoms with E-state index in [1.807, 2.05) is 31.2 Å². The van der Waals surface area contributed by atoms with E-state index in [1.165, 1.54) is 29.9 Å². The Labute approximate surface area is 188 Å². The zero-order chi connectivity index (χ0) is 23.4. The summed E-state index contributed by atoms with van der Waals surface area (Å²) in [5, 5.41) is 10.0. The van der Waals surface area contributed by atoms with Crippen LogP contribution < -0.4 is 0 Å². The van der Waals surface area contributed by atoms with Gasteiger partial charge in [0.2, 0.25) is 0 Å². The number of aliphatic hydroxyl groups is 1. The lowest BCUT2D eigenvalue weighted by Gasteiger charge is -2.35. The third-order valence-corrected chi connectivity index (χ3v) is 5.22. The molecule has 3 heteroatoms. The molecule has 0 radical (unpaired) electrons. The van der Waals surface area contributed by atoms with Crippen LogP contribution in [0.25, 0.3) is 0 Å². The van der Waals surface area contributed by atoms with Gasteiger partial charge in [0.1, 0.15) is 0 Å². The fourth-order valence-electron chi connectivity index (χ4n) is 3.60. The van der Waals surface area contributed by atoms with Gasteiger partial charge in [-0.3, -0.25) is 0 Å². The molecule has 0 bridgehead atoms. The molecule has 1 unspecified atom stereocenters. The summed E-state index contributed by atoms with van der Waals surface area (Å²) < 4.78 is 4.57. The third kappa shape index (κ3) is 10.3. The Kier molecular flexibility index (Phi) is 11.0. The Balaban J connectivity index is 2.69. The second kappa shape index (κ2) is 12.9. The van der Waals surface area contributed by atoms with E-state index < -0.39 is 0 Å². The summed E-state index contributed by atoms with van der Waals surface area (Å²) in [5.74, 6) is -0.357. The molecule has 1 atom stereocenters. The number of allylic oxidation sites excluding steroid dienone is 14. The van der Waals surface area contributed by atoms with Crippen LogP contribution in [0.1, 0.15) is 54.4 Å². The second-order valence-corrected chi connectivity index (χ2v) is 8.81. The summed E-state index contributed by atoms with van der Waals surface area (Å²) >= 11 is 0. The molecule has 1 N–H and O–H groups in total. The smallest absolute Gasteiger partial charge is 0.330 e. The number of esters is 1. The normalized spacial score (nSPS) is 21.3. The average Bonchev–Trinajstić information content (AvgIpc) is 2.67. The number of hydrogen-bond donors (Lipinski definition) is 1. The van der Waals surface area contributed by atoms with Gasteiger partial charge in [-0.25, -0.2) is 4.79 Å². The maximum Gasteiger partial charge on any atom is 0.330 e. The van der Waals surface area contributed by atoms with Gasteiger partial charge in [-0.05, 0) is 51.5 Å². The number of rotatable bonds is 8. The molecule has 3 nitrogen and oxygen atoms in total. The van der Waals surface area contributed by atoms with Gasteiger partial charge in [-0.15, -0.1) is 0 Å². The van der Waals surface area contributed by atoms with Crippen molar-refractivity contribution in [3.63, 3.8) is 0 Å². The van der Waals surface area contributed by atoms with Gasteiger partial charge in [0.15, 0.2) is 0 Å². The highest BCUT2D eigenvalue weighted by molar-refractivity contribution is 5.82. The van der Waals surface area contributed by atoms with Crippen molar-refractivity contribution < 1.29 is 14.6 Å². The Bertz CT molecular complexity index is 868. The molecule has 1 aliphatic carbocycles. The fraction of sp³-hybridized carbons (Fsp3) is 0.393. The number of hydrogen-bond acceptors (Lipinski definition) is 3. The summed E-state index contributed by atoms with van der Waals surface area (Å²) in [4.78, 5) is 11.1. The maximum absolute atomic E-state index is 11.1. The summed E-state index contributed by atoms with van der Waals surface area (Å²) in [5.41, 5.74) is 5.90. The minimum Gasteiger partial charge on any atom is -0.466 e. The van der Waals surface area contributed by atoms with Crippen molar-refractivity contribution in [2.75, 3.05) is 7.11 Å². The highest BCUT2D eigenvalue weighted by atomic mass is 16.5. The molecule has 0 fully saturated rings. The lowest BCUT2D eigenvalue weighted by atomic mass is 9.71. The summed E-state index contributed by atoms with van der Waals surface area (Å²) in [6, 6.07) is 0. The molecule has 0 amide bonds. The van der Waals surface area contributed by atoms with Crippen LogP contribution in [0.15, 0.2) is 94.7 Å². The van der Waals surface area contributed by atoms with E-state index in [0.29, 0.717) is 0 Å². The zero-order valence-electron chi connectivity index (χ0n) is 20.1. The molecule has 31 heavy (non-hydrogen) atoms. The van der Waals surface area contributed by atoms with Crippen LogP contribution in [0.5, 0.6) is 0 Å². The van der Waals surface area contributed by atoms with Gasteiger partial charge in [0.05, 0.1) is 13.2 Å². The number of carbonyl (C=O) groups is 1. The van der Waals surface area contributed by atoms with Crippen LogP contribution in [-0.4, -0.2) is 24.3 Å². The van der Waals surface area contributed by atoms with Crippen molar-refractivity contribution in [2.24, 2.45) is 5.41 Å². The van der Waals surface area contributed by atoms with E-state index in [9.17, 15) is 9.90 Å². The van der Waals surface area contributed by atoms with Crippen molar-refractivity contribution in [1.82, 2.24) is 0 Å². The molecule has 0 aromatic carbocycles. The van der Waals surface area contributed by atoms with Gasteiger partial charge in [-0.2, -0.15) is 0 Å². The summed E-state index contributed by atoms with van der Waals surface area (Å²) in [6.07, 6.45) is 22.9. The van der Waals surface area contributed by atoms with Gasteiger partial charge in [-0.1, -0.05) is 96.9 Å². The molecule has 1 rings (SSSR count). The molecule has 0 aromatic heterocycles. The fourth-order valence-corrected chi connectivity index (χ4v) is 3.60. The van der Waals surface area contributed by atoms with E-state index in [0.717, 1.165) is 24.0 Å². The van der Waals surface area contributed by atoms with Crippen LogP contribution >= 0.6 is 0 Å². The van der Waals surface area contributed by atoms with E-state index in [-0.39, 0.29) is 17.5 Å². The molecular formula is C28H38O3. The van der Waals surface area contributed by atoms with Crippen molar-refractivity contribution >= 4 is 5.97 Å². The molecule has 0 heterocycles. The van der Waals surface area contributed by atoms with Crippen molar-refractivity contribution in [2.45, 2.75) is 60.5 Å². The lowest BCUT2D eigenvalue weighted by molar-refractivity contribution is -0.134. The number of carbonyl (C=O) groups excluding carboxylic acids is 1. The Morgan fingerprint density at radius 1 is 0.935 bits per heavy atom. The number of aliphatic hydroxyl groups excluding tert-OH is 1. The van der Waals surface area contributed by atoms with E-state index >= 15 is 0 Å². The van der Waals surface area contributed by atoms with E-state index in [1.54, 1.807) is 6.08 Å². The quantitative estimate of drug-likeness (QED) is 0.268. The molecule has 0 spiro atoms. The van der Waals surface area contributed by atoms with Crippen LogP contribution in [0.4, 0.5) is 0 Å². The summed E-state index contributed by atoms with van der Waals surface area (Å²) in [6.45, 7) is 12.6.